The summed E-state index contributed by atoms with van der Waals surface area (Å²) in [7, 11) is -3.04. The molecule has 0 aromatic heterocycles. The summed E-state index contributed by atoms with van der Waals surface area (Å²) in [5, 5.41) is 3.14. The smallest absolute Gasteiger partial charge is 0.212 e. The van der Waals surface area contributed by atoms with E-state index in [1.807, 2.05) is 0 Å². The molecule has 0 aliphatic heterocycles. The van der Waals surface area contributed by atoms with E-state index >= 15 is 0 Å². The average molecular weight is 236 g/mol. The third-order valence-electron chi connectivity index (χ3n) is 2.12. The van der Waals surface area contributed by atoms with Crippen molar-refractivity contribution in [1.29, 1.82) is 0 Å². The van der Waals surface area contributed by atoms with E-state index in [9.17, 15) is 8.42 Å². The molecule has 0 fully saturated rings. The second kappa shape index (κ2) is 9.12. The first-order valence-electron chi connectivity index (χ1n) is 5.80. The zero-order valence-electron chi connectivity index (χ0n) is 9.88. The highest BCUT2D eigenvalue weighted by Gasteiger charge is 2.06. The zero-order chi connectivity index (χ0) is 11.6. The van der Waals surface area contributed by atoms with Crippen LogP contribution >= 0.6 is 0 Å². The van der Waals surface area contributed by atoms with Gasteiger partial charge in [0.25, 0.3) is 0 Å². The Kier molecular flexibility index (Phi) is 9.04. The Labute approximate surface area is 93.9 Å². The van der Waals surface area contributed by atoms with E-state index in [1.54, 1.807) is 6.92 Å². The standard InChI is InChI=1S/C10H24N2O2S/c1-3-5-6-7-8-11-9-10-15(13,14)12-4-2/h11-12H,3-10H2,1-2H3. The SMILES string of the molecule is CCCCCCNCCS(=O)(=O)NCC. The van der Waals surface area contributed by atoms with Crippen molar-refractivity contribution in [3.8, 4) is 0 Å². The van der Waals surface area contributed by atoms with Crippen molar-refractivity contribution in [3.05, 3.63) is 0 Å². The van der Waals surface area contributed by atoms with Crippen molar-refractivity contribution in [2.75, 3.05) is 25.4 Å². The fourth-order valence-electron chi connectivity index (χ4n) is 1.30. The van der Waals surface area contributed by atoms with Gasteiger partial charge >= 0.3 is 0 Å². The van der Waals surface area contributed by atoms with Crippen LogP contribution in [0, 0.1) is 0 Å². The van der Waals surface area contributed by atoms with Crippen LogP contribution in [-0.4, -0.2) is 33.8 Å². The summed E-state index contributed by atoms with van der Waals surface area (Å²) >= 11 is 0. The molecular formula is C10H24N2O2S. The van der Waals surface area contributed by atoms with Gasteiger partial charge in [-0.1, -0.05) is 33.1 Å². The molecule has 0 aromatic carbocycles. The van der Waals surface area contributed by atoms with Crippen LogP contribution in [-0.2, 0) is 10.0 Å². The molecule has 0 aliphatic carbocycles. The van der Waals surface area contributed by atoms with Crippen molar-refractivity contribution in [3.63, 3.8) is 0 Å². The molecule has 2 N–H and O–H groups in total. The molecule has 0 amide bonds. The van der Waals surface area contributed by atoms with Crippen molar-refractivity contribution in [2.24, 2.45) is 0 Å². The van der Waals surface area contributed by atoms with Gasteiger partial charge in [0.15, 0.2) is 0 Å². The minimum atomic E-state index is -3.04. The number of sulfonamides is 1. The van der Waals surface area contributed by atoms with E-state index in [0.717, 1.165) is 13.0 Å². The van der Waals surface area contributed by atoms with Gasteiger partial charge in [-0.05, 0) is 13.0 Å². The quantitative estimate of drug-likeness (QED) is 0.558. The summed E-state index contributed by atoms with van der Waals surface area (Å²) in [6.07, 6.45) is 4.85. The second-order valence-corrected chi connectivity index (χ2v) is 5.55. The monoisotopic (exact) mass is 236 g/mol. The summed E-state index contributed by atoms with van der Waals surface area (Å²) in [5.74, 6) is 0.175. The van der Waals surface area contributed by atoms with Gasteiger partial charge in [0.1, 0.15) is 0 Å². The van der Waals surface area contributed by atoms with Crippen LogP contribution in [0.4, 0.5) is 0 Å². The maximum atomic E-state index is 11.2. The first-order chi connectivity index (χ1) is 7.12. The molecule has 15 heavy (non-hydrogen) atoms. The Morgan fingerprint density at radius 1 is 1.00 bits per heavy atom. The predicted molar refractivity (Wildman–Crippen MR) is 64.5 cm³/mol. The van der Waals surface area contributed by atoms with Crippen LogP contribution in [0.1, 0.15) is 39.5 Å². The van der Waals surface area contributed by atoms with Crippen LogP contribution in [0.3, 0.4) is 0 Å². The lowest BCUT2D eigenvalue weighted by Crippen LogP contribution is -2.32. The molecular weight excluding hydrogens is 212 g/mol. The number of rotatable bonds is 10. The predicted octanol–water partition coefficient (Wildman–Crippen LogP) is 1.10. The van der Waals surface area contributed by atoms with Crippen LogP contribution in [0.5, 0.6) is 0 Å². The molecule has 92 valence electrons. The normalized spacial score (nSPS) is 11.9. The molecule has 0 atom stereocenters. The van der Waals surface area contributed by atoms with Gasteiger partial charge in [0, 0.05) is 13.1 Å². The van der Waals surface area contributed by atoms with Gasteiger partial charge in [0.2, 0.25) is 10.0 Å². The number of nitrogens with one attached hydrogen (secondary N) is 2. The lowest BCUT2D eigenvalue weighted by atomic mass is 10.2. The first kappa shape index (κ1) is 14.9. The summed E-state index contributed by atoms with van der Waals surface area (Å²) in [5.41, 5.74) is 0. The summed E-state index contributed by atoms with van der Waals surface area (Å²) in [4.78, 5) is 0. The molecule has 0 radical (unpaired) electrons. The Morgan fingerprint density at radius 3 is 2.33 bits per heavy atom. The Hall–Kier alpha value is -0.130. The highest BCUT2D eigenvalue weighted by atomic mass is 32.2. The molecule has 0 saturated heterocycles. The lowest BCUT2D eigenvalue weighted by Gasteiger charge is -2.05. The van der Waals surface area contributed by atoms with Gasteiger partial charge in [-0.2, -0.15) is 0 Å². The fourth-order valence-corrected chi connectivity index (χ4v) is 2.30. The molecule has 0 aromatic rings. The van der Waals surface area contributed by atoms with E-state index in [4.69, 9.17) is 0 Å². The summed E-state index contributed by atoms with van der Waals surface area (Å²) in [6, 6.07) is 0. The van der Waals surface area contributed by atoms with Crippen molar-refractivity contribution >= 4 is 10.0 Å². The van der Waals surface area contributed by atoms with E-state index < -0.39 is 10.0 Å². The largest absolute Gasteiger partial charge is 0.316 e. The maximum Gasteiger partial charge on any atom is 0.212 e. The van der Waals surface area contributed by atoms with Crippen LogP contribution in [0.15, 0.2) is 0 Å². The van der Waals surface area contributed by atoms with Gasteiger partial charge in [-0.25, -0.2) is 13.1 Å². The van der Waals surface area contributed by atoms with Crippen LogP contribution in [0.2, 0.25) is 0 Å². The zero-order valence-corrected chi connectivity index (χ0v) is 10.7. The Morgan fingerprint density at radius 2 is 1.73 bits per heavy atom. The van der Waals surface area contributed by atoms with Crippen molar-refractivity contribution < 1.29 is 8.42 Å². The van der Waals surface area contributed by atoms with Crippen LogP contribution < -0.4 is 10.0 Å². The van der Waals surface area contributed by atoms with E-state index in [1.165, 1.54) is 19.3 Å². The average Bonchev–Trinajstić information content (AvgIpc) is 2.16. The number of hydrogen-bond acceptors (Lipinski definition) is 3. The fraction of sp³-hybridized carbons (Fsp3) is 1.00. The maximum absolute atomic E-state index is 11.2. The lowest BCUT2D eigenvalue weighted by molar-refractivity contribution is 0.573. The first-order valence-corrected chi connectivity index (χ1v) is 7.45. The van der Waals surface area contributed by atoms with Gasteiger partial charge in [0.05, 0.1) is 5.75 Å². The van der Waals surface area contributed by atoms with Crippen LogP contribution in [0.25, 0.3) is 0 Å². The molecule has 0 heterocycles. The third-order valence-corrected chi connectivity index (χ3v) is 3.59. The topological polar surface area (TPSA) is 58.2 Å². The van der Waals surface area contributed by atoms with Gasteiger partial charge in [-0.15, -0.1) is 0 Å². The van der Waals surface area contributed by atoms with Gasteiger partial charge < -0.3 is 5.32 Å². The van der Waals surface area contributed by atoms with Crippen molar-refractivity contribution in [1.82, 2.24) is 10.0 Å². The molecule has 0 spiro atoms. The molecule has 0 rings (SSSR count). The van der Waals surface area contributed by atoms with Crippen molar-refractivity contribution in [2.45, 2.75) is 39.5 Å². The molecule has 0 unspecified atom stereocenters. The highest BCUT2D eigenvalue weighted by Crippen LogP contribution is 1.96. The molecule has 0 aliphatic rings. The third kappa shape index (κ3) is 10.2. The van der Waals surface area contributed by atoms with E-state index in [0.29, 0.717) is 13.1 Å². The highest BCUT2D eigenvalue weighted by molar-refractivity contribution is 7.89. The molecule has 4 nitrogen and oxygen atoms in total. The van der Waals surface area contributed by atoms with Gasteiger partial charge in [-0.3, -0.25) is 0 Å². The molecule has 0 saturated carbocycles. The number of hydrogen-bond donors (Lipinski definition) is 2. The molecule has 5 heteroatoms. The minimum Gasteiger partial charge on any atom is -0.316 e. The Balaban J connectivity index is 3.31. The Bertz CT molecular complexity index is 228. The number of unbranched alkanes of at least 4 members (excludes halogenated alkanes) is 3. The van der Waals surface area contributed by atoms with E-state index in [-0.39, 0.29) is 5.75 Å². The minimum absolute atomic E-state index is 0.175. The summed E-state index contributed by atoms with van der Waals surface area (Å²) < 4.78 is 24.9. The second-order valence-electron chi connectivity index (χ2n) is 3.63. The van der Waals surface area contributed by atoms with E-state index in [2.05, 4.69) is 17.0 Å². The molecule has 0 bridgehead atoms. The summed E-state index contributed by atoms with van der Waals surface area (Å²) in [6.45, 7) is 5.90.